The third kappa shape index (κ3) is 6.01. The predicted molar refractivity (Wildman–Crippen MR) is 189 cm³/mol. The Morgan fingerprint density at radius 2 is 1.78 bits per heavy atom. The third-order valence-electron chi connectivity index (χ3n) is 10.5. The number of aromatic hydroxyl groups is 1. The fourth-order valence-electron chi connectivity index (χ4n) is 7.61. The van der Waals surface area contributed by atoms with E-state index < -0.39 is 29.1 Å². The first-order chi connectivity index (χ1) is 25.9. The van der Waals surface area contributed by atoms with Crippen LogP contribution in [-0.4, -0.2) is 83.7 Å². The van der Waals surface area contributed by atoms with Crippen LogP contribution in [0.5, 0.6) is 5.75 Å². The Hall–Kier alpha value is -5.84. The van der Waals surface area contributed by atoms with Crippen LogP contribution in [0.1, 0.15) is 56.6 Å². The molecule has 14 nitrogen and oxygen atoms in total. The minimum absolute atomic E-state index is 0.105. The molecule has 17 heteroatoms. The van der Waals surface area contributed by atoms with Gasteiger partial charge in [0.2, 0.25) is 11.7 Å². The van der Waals surface area contributed by atoms with Crippen LogP contribution in [0.3, 0.4) is 0 Å². The van der Waals surface area contributed by atoms with E-state index in [-0.39, 0.29) is 73.4 Å². The number of carbonyl (C=O) groups is 2. The van der Waals surface area contributed by atoms with Crippen LogP contribution in [0.4, 0.5) is 24.5 Å². The number of aromatic nitrogens is 6. The number of piperazine rings is 1. The number of hydrogen-bond acceptors (Lipinski definition) is 10. The maximum Gasteiger partial charge on any atom is 0.416 e. The van der Waals surface area contributed by atoms with E-state index >= 15 is 0 Å². The Morgan fingerprint density at radius 3 is 2.50 bits per heavy atom. The van der Waals surface area contributed by atoms with Gasteiger partial charge in [-0.05, 0) is 67.0 Å². The number of aryl methyl sites for hydroxylation is 1. The van der Waals surface area contributed by atoms with E-state index in [2.05, 4.69) is 20.4 Å². The number of nitrogens with one attached hydrogen (secondary N) is 1. The molecule has 3 aromatic heterocycles. The topological polar surface area (TPSA) is 160 Å². The van der Waals surface area contributed by atoms with Gasteiger partial charge in [-0.3, -0.25) is 14.4 Å². The normalized spacial score (nSPS) is 15.5. The van der Waals surface area contributed by atoms with Crippen molar-refractivity contribution in [3.05, 3.63) is 91.9 Å². The maximum atomic E-state index is 14.4. The molecule has 8 rings (SSSR count). The molecule has 2 amide bonds. The summed E-state index contributed by atoms with van der Waals surface area (Å²) in [5, 5.41) is 17.9. The van der Waals surface area contributed by atoms with Crippen molar-refractivity contribution in [3.63, 3.8) is 0 Å². The van der Waals surface area contributed by atoms with Crippen molar-refractivity contribution in [2.75, 3.05) is 43.0 Å². The van der Waals surface area contributed by atoms with Gasteiger partial charge in [0.15, 0.2) is 17.3 Å². The fraction of sp³-hybridized carbons (Fsp3) is 0.378. The summed E-state index contributed by atoms with van der Waals surface area (Å²) in [4.78, 5) is 57.7. The third-order valence-corrected chi connectivity index (χ3v) is 10.5. The van der Waals surface area contributed by atoms with Crippen LogP contribution in [0.15, 0.2) is 41.5 Å². The summed E-state index contributed by atoms with van der Waals surface area (Å²) in [6, 6.07) is 8.05. The number of anilines is 2. The lowest BCUT2D eigenvalue weighted by molar-refractivity contribution is -0.138. The summed E-state index contributed by atoms with van der Waals surface area (Å²) in [6.45, 7) is 4.96. The second-order valence-corrected chi connectivity index (χ2v) is 13.5. The number of nitrogens with zero attached hydrogens (tertiary/aromatic N) is 8. The Balaban J connectivity index is 1.17. The van der Waals surface area contributed by atoms with Crippen LogP contribution < -0.4 is 15.8 Å². The number of amides is 2. The van der Waals surface area contributed by atoms with Gasteiger partial charge in [-0.15, -0.1) is 5.10 Å². The van der Waals surface area contributed by atoms with E-state index in [9.17, 15) is 32.7 Å². The molecule has 54 heavy (non-hydrogen) atoms. The molecule has 2 aromatic carbocycles. The van der Waals surface area contributed by atoms with Gasteiger partial charge in [-0.2, -0.15) is 22.7 Å². The number of benzene rings is 2. The van der Waals surface area contributed by atoms with Gasteiger partial charge >= 0.3 is 6.18 Å². The summed E-state index contributed by atoms with van der Waals surface area (Å²) in [5.74, 6) is -0.858. The molecule has 0 unspecified atom stereocenters. The maximum absolute atomic E-state index is 14.4. The Bertz CT molecular complexity index is 2400. The molecule has 2 aliphatic heterocycles. The molecule has 280 valence electrons. The number of ether oxygens (including phenoxy) is 1. The lowest BCUT2D eigenvalue weighted by atomic mass is 9.83. The summed E-state index contributed by atoms with van der Waals surface area (Å²) in [5.41, 5.74) is 3.48. The molecular formula is C37H36F3N9O5. The average molecular weight is 744 g/mol. The standard InChI is InChI=1S/C37H36F3N9O5/c1-3-28-31(46-12-14-47(15-13-46)34(52)30-32(51)20(2)41-19-42-30)35(53)49-36(44-33(45-49)24-6-4-5-21-11-16-54-18-25(21)24)48(28)17-29(50)43-27-10-9-26(37(38,39)40)22-7-8-23(22)27/h4-6,9-10,19,51H,3,7-8,11-18H2,1-2H3,(H,43,50). The lowest BCUT2D eigenvalue weighted by Gasteiger charge is -2.36. The van der Waals surface area contributed by atoms with Gasteiger partial charge in [0.05, 0.1) is 30.2 Å². The SMILES string of the molecule is CCc1c(N2CCN(C(=O)c3ncnc(C)c3O)CC2)c(=O)n2nc(-c3cccc4c3COCC4)nc2n1CC(=O)Nc1ccc(C(F)(F)F)c2c1CC2. The summed E-state index contributed by atoms with van der Waals surface area (Å²) >= 11 is 0. The summed E-state index contributed by atoms with van der Waals surface area (Å²) in [6.07, 6.45) is -1.57. The van der Waals surface area contributed by atoms with Gasteiger partial charge in [0, 0.05) is 37.4 Å². The molecule has 5 heterocycles. The van der Waals surface area contributed by atoms with Gasteiger partial charge < -0.3 is 29.5 Å². The van der Waals surface area contributed by atoms with E-state index in [0.717, 1.165) is 17.2 Å². The van der Waals surface area contributed by atoms with Crippen molar-refractivity contribution in [1.29, 1.82) is 0 Å². The minimum atomic E-state index is -4.49. The Labute approximate surface area is 306 Å². The van der Waals surface area contributed by atoms with Crippen LogP contribution in [-0.2, 0) is 54.5 Å². The van der Waals surface area contributed by atoms with Crippen molar-refractivity contribution in [2.24, 2.45) is 0 Å². The largest absolute Gasteiger partial charge is 0.504 e. The first-order valence-corrected chi connectivity index (χ1v) is 17.7. The molecule has 1 saturated heterocycles. The molecule has 2 N–H and O–H groups in total. The van der Waals surface area contributed by atoms with Crippen LogP contribution in [0.25, 0.3) is 17.2 Å². The molecule has 0 saturated carbocycles. The summed E-state index contributed by atoms with van der Waals surface area (Å²) in [7, 11) is 0. The van der Waals surface area contributed by atoms with Gasteiger partial charge in [0.25, 0.3) is 11.5 Å². The van der Waals surface area contributed by atoms with Crippen molar-refractivity contribution in [2.45, 2.75) is 58.9 Å². The number of fused-ring (bicyclic) bond motifs is 3. The molecule has 0 atom stereocenters. The van der Waals surface area contributed by atoms with Gasteiger partial charge in [0.1, 0.15) is 18.6 Å². The van der Waals surface area contributed by atoms with E-state index in [1.54, 1.807) is 16.4 Å². The van der Waals surface area contributed by atoms with Crippen molar-refractivity contribution in [1.82, 2.24) is 34.0 Å². The van der Waals surface area contributed by atoms with Crippen LogP contribution in [0, 0.1) is 6.92 Å². The molecule has 0 bridgehead atoms. The quantitative estimate of drug-likeness (QED) is 0.252. The molecule has 3 aliphatic rings. The molecule has 1 fully saturated rings. The highest BCUT2D eigenvalue weighted by molar-refractivity contribution is 5.95. The molecule has 1 aliphatic carbocycles. The second-order valence-electron chi connectivity index (χ2n) is 13.5. The van der Waals surface area contributed by atoms with Crippen molar-refractivity contribution >= 4 is 29.0 Å². The van der Waals surface area contributed by atoms with Gasteiger partial charge in [-0.1, -0.05) is 25.1 Å². The zero-order valence-electron chi connectivity index (χ0n) is 29.5. The van der Waals surface area contributed by atoms with E-state index in [1.165, 1.54) is 16.9 Å². The molecule has 0 radical (unpaired) electrons. The number of alkyl halides is 3. The molecule has 0 spiro atoms. The number of rotatable bonds is 7. The fourth-order valence-corrected chi connectivity index (χ4v) is 7.61. The minimum Gasteiger partial charge on any atom is -0.504 e. The number of hydrogen-bond donors (Lipinski definition) is 2. The Morgan fingerprint density at radius 1 is 1.00 bits per heavy atom. The number of carbonyl (C=O) groups excluding carboxylic acids is 2. The van der Waals surface area contributed by atoms with Gasteiger partial charge in [-0.25, -0.2) is 9.97 Å². The molecule has 5 aromatic rings. The first-order valence-electron chi connectivity index (χ1n) is 17.7. The highest BCUT2D eigenvalue weighted by Gasteiger charge is 2.37. The zero-order valence-corrected chi connectivity index (χ0v) is 29.5. The monoisotopic (exact) mass is 743 g/mol. The van der Waals surface area contributed by atoms with Crippen LogP contribution in [0.2, 0.25) is 0 Å². The number of halogens is 3. The Kier molecular flexibility index (Phi) is 8.82. The highest BCUT2D eigenvalue weighted by atomic mass is 19.4. The van der Waals surface area contributed by atoms with E-state index in [1.807, 2.05) is 30.0 Å². The first kappa shape index (κ1) is 35.2. The second kappa shape index (κ2) is 13.5. The highest BCUT2D eigenvalue weighted by Crippen LogP contribution is 2.41. The smallest absolute Gasteiger partial charge is 0.416 e. The molecular weight excluding hydrogens is 707 g/mol. The summed E-state index contributed by atoms with van der Waals surface area (Å²) < 4.78 is 49.4. The van der Waals surface area contributed by atoms with E-state index in [4.69, 9.17) is 9.72 Å². The zero-order chi connectivity index (χ0) is 37.9. The average Bonchev–Trinajstić information content (AvgIpc) is 3.59. The van der Waals surface area contributed by atoms with Crippen molar-refractivity contribution < 1.29 is 32.6 Å². The van der Waals surface area contributed by atoms with E-state index in [0.29, 0.717) is 60.7 Å². The lowest BCUT2D eigenvalue weighted by Crippen LogP contribution is -2.51. The predicted octanol–water partition coefficient (Wildman–Crippen LogP) is 3.72. The van der Waals surface area contributed by atoms with Crippen LogP contribution >= 0.6 is 0 Å². The van der Waals surface area contributed by atoms with Crippen molar-refractivity contribution in [3.8, 4) is 17.1 Å².